The average molecular weight is 1910 g/mol. The SMILES string of the molecule is O=C(/C=C/c1cccc(C(C(=O)Nc2cccc3ccccc23)C(=O)Nc2cccc3cccnc23)c1)NO.O=C(/C=C/c1cccc(CC(=O)Nc2ccccc2)c1)NO.O=C(CCCCCC(C(=O)Nc1ccc2ccccc2c1)C(=O)Nc1ccc2ncccc2c1)NO.O=C(CCCCCC(CCCCCC(=O)NO)(C(=O)Nc1cccc2cccnc12)C(=O)Nc1cccc2cccnc12)NO. The Hall–Kier alpha value is -17.5. The summed E-state index contributed by atoms with van der Waals surface area (Å²) in [5.41, 5.74) is 15.5. The number of rotatable bonds is 38. The van der Waals surface area contributed by atoms with Gasteiger partial charge in [-0.1, -0.05) is 233 Å². The third kappa shape index (κ3) is 30.3. The molecule has 15 rings (SSSR count). The lowest BCUT2D eigenvalue weighted by molar-refractivity contribution is -0.139. The monoisotopic (exact) mass is 1910 g/mol. The van der Waals surface area contributed by atoms with Crippen molar-refractivity contribution in [2.45, 2.75) is 109 Å². The van der Waals surface area contributed by atoms with Gasteiger partial charge in [0.2, 0.25) is 59.1 Å². The van der Waals surface area contributed by atoms with Crippen LogP contribution >= 0.6 is 0 Å². The van der Waals surface area contributed by atoms with Gasteiger partial charge >= 0.3 is 0 Å². The van der Waals surface area contributed by atoms with E-state index >= 15 is 0 Å². The van der Waals surface area contributed by atoms with E-state index in [1.54, 1.807) is 120 Å². The van der Waals surface area contributed by atoms with Gasteiger partial charge < -0.3 is 37.2 Å². The fourth-order valence-corrected chi connectivity index (χ4v) is 15.9. The van der Waals surface area contributed by atoms with Gasteiger partial charge in [0.15, 0.2) is 0 Å². The molecule has 0 spiro atoms. The van der Waals surface area contributed by atoms with E-state index in [2.05, 4.69) is 57.2 Å². The van der Waals surface area contributed by atoms with Crippen molar-refractivity contribution in [3.05, 3.63) is 344 Å². The molecule has 0 aliphatic carbocycles. The van der Waals surface area contributed by atoms with E-state index in [4.69, 9.17) is 26.0 Å². The minimum atomic E-state index is -1.54. The fourth-order valence-electron chi connectivity index (χ4n) is 15.9. The van der Waals surface area contributed by atoms with Gasteiger partial charge in [0.05, 0.1) is 45.5 Å². The summed E-state index contributed by atoms with van der Waals surface area (Å²) >= 11 is 0. The molecule has 0 aliphatic rings. The largest absolute Gasteiger partial charge is 0.326 e. The number of pyridine rings is 4. The second-order valence-electron chi connectivity index (χ2n) is 33.0. The number of hydroxylamine groups is 5. The van der Waals surface area contributed by atoms with E-state index in [-0.39, 0.29) is 44.4 Å². The van der Waals surface area contributed by atoms with Crippen LogP contribution in [0.3, 0.4) is 0 Å². The highest BCUT2D eigenvalue weighted by Crippen LogP contribution is 2.39. The lowest BCUT2D eigenvalue weighted by Gasteiger charge is -2.32. The Kier molecular flexibility index (Phi) is 38.8. The van der Waals surface area contributed by atoms with Gasteiger partial charge in [0.1, 0.15) is 17.3 Å². The highest BCUT2D eigenvalue weighted by Gasteiger charge is 2.45. The van der Waals surface area contributed by atoms with Crippen LogP contribution < -0.4 is 64.6 Å². The van der Waals surface area contributed by atoms with E-state index in [1.807, 2.05) is 212 Å². The van der Waals surface area contributed by atoms with Crippen LogP contribution in [0, 0.1) is 11.3 Å². The Morgan fingerprint density at radius 3 is 1.26 bits per heavy atom. The number of hydrogen-bond acceptors (Lipinski definition) is 21. The molecule has 4 aromatic heterocycles. The van der Waals surface area contributed by atoms with Gasteiger partial charge in [-0.2, -0.15) is 0 Å². The van der Waals surface area contributed by atoms with Crippen LogP contribution in [0.1, 0.15) is 124 Å². The molecule has 0 radical (unpaired) electrons. The Morgan fingerprint density at radius 1 is 0.303 bits per heavy atom. The van der Waals surface area contributed by atoms with Gasteiger partial charge in [-0.05, 0) is 180 Å². The lowest BCUT2D eigenvalue weighted by Crippen LogP contribution is -2.46. The first kappa shape index (κ1) is 103. The number of anilines is 7. The zero-order chi connectivity index (χ0) is 100. The molecule has 11 aromatic carbocycles. The number of nitrogens with zero attached hydrogens (tertiary/aromatic N) is 4. The van der Waals surface area contributed by atoms with Gasteiger partial charge in [-0.15, -0.1) is 0 Å². The van der Waals surface area contributed by atoms with Gasteiger partial charge in [0.25, 0.3) is 11.8 Å². The number of carbonyl (C=O) groups is 12. The summed E-state index contributed by atoms with van der Waals surface area (Å²) in [5, 5.41) is 71.1. The topological polar surface area (TPSA) is 502 Å². The zero-order valence-electron chi connectivity index (χ0n) is 77.1. The number of carbonyl (C=O) groups excluding carboxylic acids is 12. The minimum Gasteiger partial charge on any atom is -0.326 e. The summed E-state index contributed by atoms with van der Waals surface area (Å²) in [6.45, 7) is 0. The second-order valence-corrected chi connectivity index (χ2v) is 33.0. The first-order valence-electron chi connectivity index (χ1n) is 45.9. The molecule has 0 saturated heterocycles. The van der Waals surface area contributed by atoms with Crippen molar-refractivity contribution in [3.8, 4) is 0 Å². The standard InChI is InChI=1S/C33H38N6O6.C31H24N4O4.C28H28N4O4.C17H16N2O3/c40-27(38-44)17-3-1-5-19-33(20-6-2-4-18-28(41)39-45,31(42)36-25-15-7-11-23-13-9-21-34-29(23)25)32(43)37-26-16-8-12-24-14-10-22-35-30(24)26;36-27(35-39)17-16-20-7-3-11-23(19-20)28(30(37)33-25-14-4-9-21-8-1-2-13-24(21)25)31(38)34-26-15-5-10-22-12-6-18-32-29(22)26;33-26(32-36)11-3-1-2-10-24(27(34)30-22-13-12-19-7-4-5-8-20(19)17-22)28(35)31-23-14-15-25-21(18-23)9-6-16-29-25;20-16(19-22)10-9-13-5-4-6-14(11-13)12-17(21)18-15-7-2-1-3-8-15/h7-16,21-22,44-45H,1-6,17-20H2,(H,36,42)(H,37,43)(H,38,40)(H,39,41);1-19,28,39H,(H,33,37)(H,34,38)(H,35,36);4-9,12-18,24,36H,1-3,10-11H2,(H,30,34)(H,31,35)(H,32,33);1-11,22H,12H2,(H,18,21)(H,19,20)/b;17-16+;;10-9+. The Labute approximate surface area is 816 Å². The summed E-state index contributed by atoms with van der Waals surface area (Å²) in [5.74, 6) is -7.88. The number of benzene rings is 11. The van der Waals surface area contributed by atoms with Crippen molar-refractivity contribution in [3.63, 3.8) is 0 Å². The van der Waals surface area contributed by atoms with Crippen LogP contribution in [-0.4, -0.2) is 117 Å². The van der Waals surface area contributed by atoms with E-state index in [1.165, 1.54) is 23.1 Å². The second kappa shape index (κ2) is 53.3. The maximum atomic E-state index is 14.4. The Morgan fingerprint density at radius 2 is 0.725 bits per heavy atom. The third-order valence-electron chi connectivity index (χ3n) is 23.1. The first-order valence-corrected chi connectivity index (χ1v) is 45.9. The molecule has 724 valence electrons. The predicted octanol–water partition coefficient (Wildman–Crippen LogP) is 17.9. The minimum absolute atomic E-state index is 0.109. The molecule has 142 heavy (non-hydrogen) atoms. The van der Waals surface area contributed by atoms with Gasteiger partial charge in [0, 0.05) is 106 Å². The van der Waals surface area contributed by atoms with E-state index in [0.717, 1.165) is 71.5 Å². The summed E-state index contributed by atoms with van der Waals surface area (Å²) < 4.78 is 0. The van der Waals surface area contributed by atoms with Crippen LogP contribution in [0.15, 0.2) is 322 Å². The number of aromatic nitrogens is 4. The van der Waals surface area contributed by atoms with Crippen LogP contribution in [0.25, 0.3) is 77.3 Å². The molecule has 2 atom stereocenters. The number of nitrogens with one attached hydrogen (secondary N) is 12. The van der Waals surface area contributed by atoms with Crippen molar-refractivity contribution >= 4 is 188 Å². The summed E-state index contributed by atoms with van der Waals surface area (Å²) in [4.78, 5) is 169. The van der Waals surface area contributed by atoms with E-state index in [9.17, 15) is 57.5 Å². The molecule has 2 unspecified atom stereocenters. The molecule has 33 nitrogen and oxygen atoms in total. The third-order valence-corrected chi connectivity index (χ3v) is 23.1. The highest BCUT2D eigenvalue weighted by molar-refractivity contribution is 6.19. The number of hydrogen-bond donors (Lipinski definition) is 17. The van der Waals surface area contributed by atoms with Crippen LogP contribution in [0.5, 0.6) is 0 Å². The smallest absolute Gasteiger partial charge is 0.267 e. The van der Waals surface area contributed by atoms with Gasteiger partial charge in [-0.3, -0.25) is 104 Å². The maximum Gasteiger partial charge on any atom is 0.267 e. The predicted molar refractivity (Wildman–Crippen MR) is 544 cm³/mol. The first-order chi connectivity index (χ1) is 69.1. The molecule has 0 saturated carbocycles. The molecule has 0 bridgehead atoms. The van der Waals surface area contributed by atoms with Gasteiger partial charge in [-0.25, -0.2) is 27.4 Å². The van der Waals surface area contributed by atoms with Crippen molar-refractivity contribution in [1.29, 1.82) is 0 Å². The summed E-state index contributed by atoms with van der Waals surface area (Å²) in [6, 6.07) is 86.4. The number of unbranched alkanes of at least 4 members (excludes halogenated alkanes) is 6. The molecule has 0 aliphatic heterocycles. The molecular formula is C109H106N16O17. The number of para-hydroxylation sites is 4. The van der Waals surface area contributed by atoms with E-state index < -0.39 is 82.2 Å². The van der Waals surface area contributed by atoms with Crippen LogP contribution in [-0.2, 0) is 64.0 Å². The summed E-state index contributed by atoms with van der Waals surface area (Å²) in [7, 11) is 0. The van der Waals surface area contributed by atoms with Crippen molar-refractivity contribution in [2.75, 3.05) is 37.2 Å². The van der Waals surface area contributed by atoms with E-state index in [0.29, 0.717) is 126 Å². The average Bonchev–Trinajstić information content (AvgIpc) is 0.777. The Balaban J connectivity index is 0.000000173. The fraction of sp³-hybridized carbons (Fsp3) is 0.174. The molecule has 33 heteroatoms. The lowest BCUT2D eigenvalue weighted by atomic mass is 9.75. The van der Waals surface area contributed by atoms with Crippen molar-refractivity contribution in [1.82, 2.24) is 47.3 Å². The summed E-state index contributed by atoms with van der Waals surface area (Å²) in [6.07, 6.45) is 18.0. The molecule has 17 N–H and O–H groups in total. The zero-order valence-corrected chi connectivity index (χ0v) is 77.1. The molecular weight excluding hydrogens is 1810 g/mol. The quantitative estimate of drug-likeness (QED) is 0.00562. The number of amides is 12. The highest BCUT2D eigenvalue weighted by atomic mass is 16.5. The van der Waals surface area contributed by atoms with Crippen LogP contribution in [0.4, 0.5) is 39.8 Å². The molecule has 0 fully saturated rings. The molecule has 15 aromatic rings. The molecule has 12 amide bonds. The Bertz CT molecular complexity index is 6740. The molecule has 4 heterocycles. The van der Waals surface area contributed by atoms with Crippen molar-refractivity contribution < 1.29 is 83.6 Å². The van der Waals surface area contributed by atoms with Crippen LogP contribution in [0.2, 0.25) is 0 Å². The van der Waals surface area contributed by atoms with Crippen molar-refractivity contribution in [2.24, 2.45) is 11.3 Å². The maximum absolute atomic E-state index is 14.4. The normalized spacial score (nSPS) is 11.4. The number of fused-ring (bicyclic) bond motifs is 6.